The van der Waals surface area contributed by atoms with Crippen LogP contribution in [0.4, 0.5) is 0 Å². The Hall–Kier alpha value is -2.74. The van der Waals surface area contributed by atoms with Crippen molar-refractivity contribution < 1.29 is 18.5 Å². The van der Waals surface area contributed by atoms with Gasteiger partial charge in [-0.15, -0.1) is 0 Å². The second-order valence-electron chi connectivity index (χ2n) is 5.74. The summed E-state index contributed by atoms with van der Waals surface area (Å²) < 4.78 is 25.1. The molecule has 0 aliphatic heterocycles. The van der Waals surface area contributed by atoms with Gasteiger partial charge in [0.15, 0.2) is 17.3 Å². The predicted molar refractivity (Wildman–Crippen MR) is 99.1 cm³/mol. The summed E-state index contributed by atoms with van der Waals surface area (Å²) in [6.07, 6.45) is 3.10. The molecule has 7 nitrogen and oxygen atoms in total. The number of benzene rings is 1. The molecular weight excluding hydrogens is 354 g/mol. The van der Waals surface area contributed by atoms with Crippen LogP contribution in [-0.4, -0.2) is 38.2 Å². The summed E-state index contributed by atoms with van der Waals surface area (Å²) in [5.74, 6) is 1.11. The lowest BCUT2D eigenvalue weighted by molar-refractivity contribution is 0.101. The van der Waals surface area contributed by atoms with E-state index in [-0.39, 0.29) is 11.5 Å². The number of carbonyl (C=O) groups is 1. The highest BCUT2D eigenvalue weighted by Crippen LogP contribution is 2.30. The molecule has 0 spiro atoms. The first-order chi connectivity index (χ1) is 12.5. The van der Waals surface area contributed by atoms with Crippen molar-refractivity contribution in [3.05, 3.63) is 47.5 Å². The molecule has 0 bridgehead atoms. The van der Waals surface area contributed by atoms with E-state index in [1.54, 1.807) is 22.3 Å². The number of nitrogens with zero attached hydrogens (tertiary/aromatic N) is 3. The lowest BCUT2D eigenvalue weighted by Crippen LogP contribution is -2.09. The minimum Gasteiger partial charge on any atom is -0.493 e. The van der Waals surface area contributed by atoms with Crippen molar-refractivity contribution in [3.8, 4) is 11.5 Å². The molecule has 1 atom stereocenters. The van der Waals surface area contributed by atoms with E-state index in [1.165, 1.54) is 27.5 Å². The molecule has 0 amide bonds. The molecule has 8 heteroatoms. The molecule has 26 heavy (non-hydrogen) atoms. The standard InChI is InChI=1S/C18H19N3O4S/c1-11-7-16-14(8-13(11)12(2)22)20-10-21(16)26(23)9-15-18(25-4)17(24-3)5-6-19-15/h5-8,10H,9H2,1-4H3. The predicted octanol–water partition coefficient (Wildman–Crippen LogP) is 2.67. The first-order valence-electron chi connectivity index (χ1n) is 7.89. The second-order valence-corrected chi connectivity index (χ2v) is 7.07. The van der Waals surface area contributed by atoms with Crippen molar-refractivity contribution in [3.63, 3.8) is 0 Å². The van der Waals surface area contributed by atoms with Gasteiger partial charge in [-0.1, -0.05) is 0 Å². The first kappa shape index (κ1) is 18.1. The average molecular weight is 373 g/mol. The zero-order valence-corrected chi connectivity index (χ0v) is 15.8. The Balaban J connectivity index is 1.99. The van der Waals surface area contributed by atoms with E-state index in [4.69, 9.17) is 9.47 Å². The van der Waals surface area contributed by atoms with Gasteiger partial charge in [-0.25, -0.2) is 13.2 Å². The van der Waals surface area contributed by atoms with Crippen molar-refractivity contribution in [2.45, 2.75) is 19.6 Å². The minimum atomic E-state index is -1.45. The zero-order valence-electron chi connectivity index (χ0n) is 15.0. The van der Waals surface area contributed by atoms with Gasteiger partial charge in [0.05, 0.1) is 31.0 Å². The summed E-state index contributed by atoms with van der Waals surface area (Å²) in [7, 11) is 1.60. The van der Waals surface area contributed by atoms with Crippen LogP contribution in [0.2, 0.25) is 0 Å². The molecule has 2 heterocycles. The average Bonchev–Trinajstić information content (AvgIpc) is 3.03. The maximum atomic E-state index is 12.9. The number of Topliss-reactive ketones (excluding diaryl/α,β-unsaturated/α-hetero) is 1. The number of hydrogen-bond donors (Lipinski definition) is 0. The van der Waals surface area contributed by atoms with Crippen LogP contribution in [0.25, 0.3) is 11.0 Å². The lowest BCUT2D eigenvalue weighted by Gasteiger charge is -2.12. The Morgan fingerprint density at radius 1 is 1.23 bits per heavy atom. The fourth-order valence-corrected chi connectivity index (χ4v) is 3.92. The number of imidazole rings is 1. The summed E-state index contributed by atoms with van der Waals surface area (Å²) >= 11 is 0. The Bertz CT molecular complexity index is 1010. The maximum Gasteiger partial charge on any atom is 0.183 e. The molecule has 0 saturated carbocycles. The Morgan fingerprint density at radius 3 is 2.65 bits per heavy atom. The highest BCUT2D eigenvalue weighted by molar-refractivity contribution is 7.82. The van der Waals surface area contributed by atoms with Gasteiger partial charge in [0.25, 0.3) is 0 Å². The molecule has 0 aliphatic carbocycles. The number of ketones is 1. The topological polar surface area (TPSA) is 83.3 Å². The summed E-state index contributed by atoms with van der Waals surface area (Å²) in [6.45, 7) is 3.37. The highest BCUT2D eigenvalue weighted by atomic mass is 32.2. The Kier molecular flexibility index (Phi) is 5.03. The van der Waals surface area contributed by atoms with Crippen molar-refractivity contribution in [1.29, 1.82) is 0 Å². The van der Waals surface area contributed by atoms with E-state index >= 15 is 0 Å². The lowest BCUT2D eigenvalue weighted by atomic mass is 10.0. The summed E-state index contributed by atoms with van der Waals surface area (Å²) in [5, 5.41) is 0. The number of ether oxygens (including phenoxy) is 2. The van der Waals surface area contributed by atoms with E-state index < -0.39 is 11.0 Å². The SMILES string of the molecule is COc1ccnc(CS(=O)n2cnc3cc(C(C)=O)c(C)cc32)c1OC. The third-order valence-electron chi connectivity index (χ3n) is 4.09. The van der Waals surface area contributed by atoms with E-state index in [1.807, 2.05) is 13.0 Å². The van der Waals surface area contributed by atoms with Crippen LogP contribution in [0.1, 0.15) is 28.5 Å². The fraction of sp³-hybridized carbons (Fsp3) is 0.278. The molecule has 0 aliphatic rings. The molecular formula is C18H19N3O4S. The van der Waals surface area contributed by atoms with Crippen molar-refractivity contribution in [2.75, 3.05) is 14.2 Å². The third kappa shape index (κ3) is 3.20. The zero-order chi connectivity index (χ0) is 18.8. The van der Waals surface area contributed by atoms with Gasteiger partial charge in [-0.3, -0.25) is 9.78 Å². The summed E-state index contributed by atoms with van der Waals surface area (Å²) in [5.41, 5.74) is 3.29. The molecule has 2 aromatic heterocycles. The molecule has 1 aromatic carbocycles. The van der Waals surface area contributed by atoms with E-state index in [0.29, 0.717) is 33.8 Å². The number of methoxy groups -OCH3 is 2. The van der Waals surface area contributed by atoms with Gasteiger partial charge in [0.1, 0.15) is 23.0 Å². The fourth-order valence-electron chi connectivity index (χ4n) is 2.82. The number of carbonyl (C=O) groups excluding carboxylic acids is 1. The third-order valence-corrected chi connectivity index (χ3v) is 5.34. The van der Waals surface area contributed by atoms with Crippen LogP contribution >= 0.6 is 0 Å². The molecule has 1 unspecified atom stereocenters. The number of fused-ring (bicyclic) bond motifs is 1. The van der Waals surface area contributed by atoms with E-state index in [0.717, 1.165) is 5.56 Å². The number of pyridine rings is 1. The van der Waals surface area contributed by atoms with Gasteiger partial charge in [-0.05, 0) is 31.5 Å². The van der Waals surface area contributed by atoms with Gasteiger partial charge in [-0.2, -0.15) is 0 Å². The number of rotatable bonds is 6. The summed E-state index contributed by atoms with van der Waals surface area (Å²) in [6, 6.07) is 5.24. The van der Waals surface area contributed by atoms with Crippen LogP contribution in [0.5, 0.6) is 11.5 Å². The van der Waals surface area contributed by atoms with Crippen molar-refractivity contribution in [2.24, 2.45) is 0 Å². The number of aromatic nitrogens is 3. The molecule has 0 saturated heterocycles. The van der Waals surface area contributed by atoms with Crippen LogP contribution in [0, 0.1) is 6.92 Å². The van der Waals surface area contributed by atoms with Crippen molar-refractivity contribution in [1.82, 2.24) is 13.9 Å². The molecule has 3 rings (SSSR count). The normalized spacial score (nSPS) is 12.2. The van der Waals surface area contributed by atoms with Gasteiger partial charge >= 0.3 is 0 Å². The van der Waals surface area contributed by atoms with Gasteiger partial charge < -0.3 is 9.47 Å². The maximum absolute atomic E-state index is 12.9. The monoisotopic (exact) mass is 373 g/mol. The van der Waals surface area contributed by atoms with Gasteiger partial charge in [0.2, 0.25) is 0 Å². The molecule has 0 fully saturated rings. The molecule has 0 N–H and O–H groups in total. The molecule has 136 valence electrons. The van der Waals surface area contributed by atoms with Crippen LogP contribution in [0.3, 0.4) is 0 Å². The summed E-state index contributed by atoms with van der Waals surface area (Å²) in [4.78, 5) is 20.2. The van der Waals surface area contributed by atoms with Crippen LogP contribution in [0.15, 0.2) is 30.7 Å². The number of aryl methyl sites for hydroxylation is 1. The van der Waals surface area contributed by atoms with Crippen LogP contribution in [-0.2, 0) is 16.7 Å². The second kappa shape index (κ2) is 7.25. The van der Waals surface area contributed by atoms with E-state index in [9.17, 15) is 9.00 Å². The van der Waals surface area contributed by atoms with Crippen molar-refractivity contribution >= 4 is 27.8 Å². The molecule has 0 radical (unpaired) electrons. The highest BCUT2D eigenvalue weighted by Gasteiger charge is 2.17. The Labute approximate surface area is 153 Å². The van der Waals surface area contributed by atoms with Gasteiger partial charge in [0, 0.05) is 17.8 Å². The first-order valence-corrected chi connectivity index (χ1v) is 9.17. The van der Waals surface area contributed by atoms with Crippen LogP contribution < -0.4 is 9.47 Å². The molecule has 3 aromatic rings. The quantitative estimate of drug-likeness (QED) is 0.618. The number of hydrogen-bond acceptors (Lipinski definition) is 6. The smallest absolute Gasteiger partial charge is 0.183 e. The largest absolute Gasteiger partial charge is 0.493 e. The van der Waals surface area contributed by atoms with E-state index in [2.05, 4.69) is 9.97 Å². The Morgan fingerprint density at radius 2 is 2.00 bits per heavy atom. The minimum absolute atomic E-state index is 0.0228.